The molecule has 5 N–H and O–H groups in total. The second-order valence-corrected chi connectivity index (χ2v) is 10.6. The van der Waals surface area contributed by atoms with Crippen LogP contribution in [0, 0.1) is 11.8 Å². The molecule has 1 aliphatic heterocycles. The summed E-state index contributed by atoms with van der Waals surface area (Å²) < 4.78 is 30.0. The molecule has 4 amide bonds. The first-order chi connectivity index (χ1) is 18.7. The zero-order valence-corrected chi connectivity index (χ0v) is 23.0. The van der Waals surface area contributed by atoms with Gasteiger partial charge < -0.3 is 31.1 Å². The molecule has 1 saturated heterocycles. The van der Waals surface area contributed by atoms with Crippen molar-refractivity contribution in [3.05, 3.63) is 35.9 Å². The van der Waals surface area contributed by atoms with Crippen molar-refractivity contribution in [2.24, 2.45) is 11.8 Å². The fourth-order valence-corrected chi connectivity index (χ4v) is 4.48. The molecule has 13 heteroatoms. The normalized spacial score (nSPS) is 17.7. The standard InChI is InChI=1S/C27H38F2N4O7/c1-15(2)21(23(37)27(28,29)26(40)30-14-17-9-6-5-7-10-17)32-24(38)18-11-8-12-33(18)25(39)22(16(3)4)31-19(34)13-20(35)36/h5-7,9-10,15-16,18,21-23,37H,8,11-14H2,1-4H3,(H,30,40)(H,31,34)(H,32,38)(H,35,36)/t18?,21-,22-,23?/m0/s1. The first-order valence-corrected chi connectivity index (χ1v) is 13.2. The number of nitrogens with zero attached hydrogens (tertiary/aromatic N) is 1. The minimum Gasteiger partial charge on any atom is -0.481 e. The highest BCUT2D eigenvalue weighted by atomic mass is 19.3. The highest BCUT2D eigenvalue weighted by Gasteiger charge is 2.51. The van der Waals surface area contributed by atoms with Gasteiger partial charge in [-0.25, -0.2) is 0 Å². The summed E-state index contributed by atoms with van der Waals surface area (Å²) in [5.74, 6) is -10.7. The molecule has 2 rings (SSSR count). The molecule has 0 bridgehead atoms. The molecule has 1 aromatic rings. The molecule has 0 radical (unpaired) electrons. The summed E-state index contributed by atoms with van der Waals surface area (Å²) in [7, 11) is 0. The maximum absolute atomic E-state index is 15.0. The highest BCUT2D eigenvalue weighted by Crippen LogP contribution is 2.26. The third-order valence-electron chi connectivity index (χ3n) is 6.74. The van der Waals surface area contributed by atoms with Crippen LogP contribution in [0.4, 0.5) is 8.78 Å². The fourth-order valence-electron chi connectivity index (χ4n) is 4.48. The van der Waals surface area contributed by atoms with Crippen molar-refractivity contribution < 1.29 is 43.0 Å². The third-order valence-corrected chi connectivity index (χ3v) is 6.74. The molecule has 2 unspecified atom stereocenters. The molecule has 1 aliphatic rings. The molecule has 0 aliphatic carbocycles. The number of hydrogen-bond acceptors (Lipinski definition) is 6. The largest absolute Gasteiger partial charge is 0.481 e. The lowest BCUT2D eigenvalue weighted by molar-refractivity contribution is -0.170. The lowest BCUT2D eigenvalue weighted by Gasteiger charge is -2.34. The maximum Gasteiger partial charge on any atom is 0.351 e. The van der Waals surface area contributed by atoms with Crippen molar-refractivity contribution in [1.29, 1.82) is 0 Å². The fraction of sp³-hybridized carbons (Fsp3) is 0.593. The summed E-state index contributed by atoms with van der Waals surface area (Å²) in [6.07, 6.45) is -2.76. The van der Waals surface area contributed by atoms with Crippen LogP contribution in [0.1, 0.15) is 52.5 Å². The van der Waals surface area contributed by atoms with Gasteiger partial charge in [-0.2, -0.15) is 8.78 Å². The van der Waals surface area contributed by atoms with E-state index in [1.54, 1.807) is 44.2 Å². The number of rotatable bonds is 13. The van der Waals surface area contributed by atoms with Gasteiger partial charge in [0.15, 0.2) is 0 Å². The Labute approximate surface area is 231 Å². The van der Waals surface area contributed by atoms with Crippen LogP contribution in [-0.4, -0.2) is 81.4 Å². The van der Waals surface area contributed by atoms with Gasteiger partial charge >= 0.3 is 11.9 Å². The summed E-state index contributed by atoms with van der Waals surface area (Å²) in [6.45, 7) is 6.25. The average molecular weight is 569 g/mol. The van der Waals surface area contributed by atoms with Crippen LogP contribution in [0.25, 0.3) is 0 Å². The summed E-state index contributed by atoms with van der Waals surface area (Å²) in [6, 6.07) is 4.68. The van der Waals surface area contributed by atoms with Gasteiger partial charge in [-0.3, -0.25) is 24.0 Å². The number of halogens is 2. The van der Waals surface area contributed by atoms with E-state index in [1.165, 1.54) is 18.7 Å². The zero-order chi connectivity index (χ0) is 30.2. The quantitative estimate of drug-likeness (QED) is 0.222. The molecule has 11 nitrogen and oxygen atoms in total. The number of hydrogen-bond donors (Lipinski definition) is 5. The van der Waals surface area contributed by atoms with Crippen molar-refractivity contribution >= 4 is 29.6 Å². The van der Waals surface area contributed by atoms with Gasteiger partial charge in [0.2, 0.25) is 17.7 Å². The number of alkyl halides is 2. The van der Waals surface area contributed by atoms with Crippen molar-refractivity contribution in [1.82, 2.24) is 20.9 Å². The van der Waals surface area contributed by atoms with Crippen molar-refractivity contribution in [3.8, 4) is 0 Å². The molecule has 0 saturated carbocycles. The Morgan fingerprint density at radius 2 is 1.65 bits per heavy atom. The molecule has 222 valence electrons. The van der Waals surface area contributed by atoms with E-state index in [2.05, 4.69) is 16.0 Å². The Kier molecular flexibility index (Phi) is 11.5. The number of benzene rings is 1. The number of carboxylic acids is 1. The summed E-state index contributed by atoms with van der Waals surface area (Å²) in [5.41, 5.74) is 0.583. The first kappa shape index (κ1) is 32.6. The molecular formula is C27H38F2N4O7. The molecule has 4 atom stereocenters. The smallest absolute Gasteiger partial charge is 0.351 e. The molecule has 1 fully saturated rings. The van der Waals surface area contributed by atoms with Crippen LogP contribution >= 0.6 is 0 Å². The van der Waals surface area contributed by atoms with E-state index in [4.69, 9.17) is 5.11 Å². The number of likely N-dealkylation sites (tertiary alicyclic amines) is 1. The van der Waals surface area contributed by atoms with Crippen molar-refractivity contribution in [2.75, 3.05) is 6.54 Å². The Bertz CT molecular complexity index is 1070. The van der Waals surface area contributed by atoms with E-state index in [9.17, 15) is 29.1 Å². The number of aliphatic hydroxyl groups is 1. The first-order valence-electron chi connectivity index (χ1n) is 13.2. The van der Waals surface area contributed by atoms with Gasteiger partial charge in [-0.05, 0) is 30.2 Å². The molecular weight excluding hydrogens is 530 g/mol. The van der Waals surface area contributed by atoms with Gasteiger partial charge in [0, 0.05) is 13.1 Å². The summed E-state index contributed by atoms with van der Waals surface area (Å²) in [4.78, 5) is 62.9. The Balaban J connectivity index is 2.13. The highest BCUT2D eigenvalue weighted by molar-refractivity contribution is 5.97. The molecule has 1 heterocycles. The second kappa shape index (κ2) is 14.1. The van der Waals surface area contributed by atoms with Crippen LogP contribution in [0.2, 0.25) is 0 Å². The molecule has 1 aromatic carbocycles. The summed E-state index contributed by atoms with van der Waals surface area (Å²) >= 11 is 0. The number of carbonyl (C=O) groups is 5. The van der Waals surface area contributed by atoms with E-state index < -0.39 is 78.0 Å². The van der Waals surface area contributed by atoms with E-state index in [0.29, 0.717) is 12.0 Å². The number of carbonyl (C=O) groups excluding carboxylic acids is 4. The van der Waals surface area contributed by atoms with Gasteiger partial charge in [-0.15, -0.1) is 0 Å². The minimum absolute atomic E-state index is 0.155. The van der Waals surface area contributed by atoms with E-state index in [0.717, 1.165) is 0 Å². The summed E-state index contributed by atoms with van der Waals surface area (Å²) in [5, 5.41) is 26.3. The predicted octanol–water partition coefficient (Wildman–Crippen LogP) is 1.05. The predicted molar refractivity (Wildman–Crippen MR) is 140 cm³/mol. The topological polar surface area (TPSA) is 165 Å². The Morgan fingerprint density at radius 1 is 1.02 bits per heavy atom. The van der Waals surface area contributed by atoms with Gasteiger partial charge in [-0.1, -0.05) is 58.0 Å². The second-order valence-electron chi connectivity index (χ2n) is 10.6. The minimum atomic E-state index is -4.24. The number of aliphatic hydroxyl groups excluding tert-OH is 1. The van der Waals surface area contributed by atoms with Crippen molar-refractivity contribution in [3.63, 3.8) is 0 Å². The number of amides is 4. The van der Waals surface area contributed by atoms with Crippen LogP contribution < -0.4 is 16.0 Å². The lowest BCUT2D eigenvalue weighted by Crippen LogP contribution is -2.61. The zero-order valence-electron chi connectivity index (χ0n) is 23.0. The lowest BCUT2D eigenvalue weighted by atomic mass is 9.93. The third kappa shape index (κ3) is 8.44. The maximum atomic E-state index is 15.0. The monoisotopic (exact) mass is 568 g/mol. The van der Waals surface area contributed by atoms with Crippen LogP contribution in [0.5, 0.6) is 0 Å². The number of nitrogens with one attached hydrogen (secondary N) is 3. The number of carboxylic acid groups (broad SMARTS) is 1. The van der Waals surface area contributed by atoms with Crippen LogP contribution in [-0.2, 0) is 30.5 Å². The van der Waals surface area contributed by atoms with Crippen LogP contribution in [0.3, 0.4) is 0 Å². The van der Waals surface area contributed by atoms with Gasteiger partial charge in [0.1, 0.15) is 24.6 Å². The molecule has 0 aromatic heterocycles. The van der Waals surface area contributed by atoms with Crippen molar-refractivity contribution in [2.45, 2.75) is 83.7 Å². The van der Waals surface area contributed by atoms with Crippen LogP contribution in [0.15, 0.2) is 30.3 Å². The molecule has 40 heavy (non-hydrogen) atoms. The Morgan fingerprint density at radius 3 is 2.20 bits per heavy atom. The van der Waals surface area contributed by atoms with E-state index >= 15 is 8.78 Å². The SMILES string of the molecule is CC(C)[C@H](NC(=O)C1CCCN1C(=O)[C@@H](NC(=O)CC(=O)O)C(C)C)C(O)C(F)(F)C(=O)NCc1ccccc1. The molecule has 0 spiro atoms. The van der Waals surface area contributed by atoms with Gasteiger partial charge in [0.25, 0.3) is 5.91 Å². The number of aliphatic carboxylic acids is 1. The van der Waals surface area contributed by atoms with Gasteiger partial charge in [0.05, 0.1) is 6.04 Å². The Hall–Kier alpha value is -3.61. The van der Waals surface area contributed by atoms with E-state index in [-0.39, 0.29) is 19.5 Å². The van der Waals surface area contributed by atoms with E-state index in [1.807, 2.05) is 0 Å². The average Bonchev–Trinajstić information content (AvgIpc) is 3.38.